The van der Waals surface area contributed by atoms with Crippen molar-refractivity contribution in [2.45, 2.75) is 26.5 Å². The van der Waals surface area contributed by atoms with E-state index in [1.807, 2.05) is 19.1 Å². The summed E-state index contributed by atoms with van der Waals surface area (Å²) >= 11 is 0. The molecule has 1 saturated heterocycles. The predicted octanol–water partition coefficient (Wildman–Crippen LogP) is 0.959. The molecular formula is C15H23N3O3. The number of carbonyl (C=O) groups excluding carboxylic acids is 1. The Kier molecular flexibility index (Phi) is 5.95. The van der Waals surface area contributed by atoms with Crippen molar-refractivity contribution >= 4 is 11.7 Å². The van der Waals surface area contributed by atoms with Crippen molar-refractivity contribution in [3.63, 3.8) is 0 Å². The predicted molar refractivity (Wildman–Crippen MR) is 80.2 cm³/mol. The van der Waals surface area contributed by atoms with Gasteiger partial charge in [-0.1, -0.05) is 0 Å². The van der Waals surface area contributed by atoms with Crippen molar-refractivity contribution in [1.29, 1.82) is 0 Å². The van der Waals surface area contributed by atoms with E-state index in [9.17, 15) is 4.79 Å². The number of nitrogens with one attached hydrogen (secondary N) is 1. The molecule has 1 amide bonds. The molecule has 0 aliphatic carbocycles. The second kappa shape index (κ2) is 7.95. The zero-order valence-corrected chi connectivity index (χ0v) is 12.7. The molecule has 1 aliphatic rings. The summed E-state index contributed by atoms with van der Waals surface area (Å²) in [4.78, 5) is 18.4. The third kappa shape index (κ3) is 4.68. The number of aromatic nitrogens is 1. The van der Waals surface area contributed by atoms with E-state index in [4.69, 9.17) is 9.47 Å². The summed E-state index contributed by atoms with van der Waals surface area (Å²) in [5.74, 6) is 0.837. The molecule has 6 heteroatoms. The summed E-state index contributed by atoms with van der Waals surface area (Å²) in [7, 11) is 0. The molecule has 0 radical (unpaired) electrons. The van der Waals surface area contributed by atoms with Gasteiger partial charge in [-0.15, -0.1) is 0 Å². The number of morpholine rings is 1. The first-order valence-corrected chi connectivity index (χ1v) is 7.37. The van der Waals surface area contributed by atoms with Gasteiger partial charge in [-0.2, -0.15) is 0 Å². The van der Waals surface area contributed by atoms with Crippen molar-refractivity contribution in [3.05, 3.63) is 23.9 Å². The van der Waals surface area contributed by atoms with Crippen LogP contribution in [0.2, 0.25) is 0 Å². The molecule has 1 atom stereocenters. The second-order valence-electron chi connectivity index (χ2n) is 4.94. The maximum absolute atomic E-state index is 11.8. The van der Waals surface area contributed by atoms with Crippen LogP contribution in [-0.2, 0) is 20.8 Å². The number of hydrogen-bond acceptors (Lipinski definition) is 5. The SMILES string of the molecule is CCO[C@H](C)C(=O)NCc1ccnc(N2CCOCC2)c1. The number of rotatable bonds is 6. The van der Waals surface area contributed by atoms with E-state index in [0.29, 0.717) is 13.2 Å². The highest BCUT2D eigenvalue weighted by molar-refractivity contribution is 5.80. The largest absolute Gasteiger partial charge is 0.378 e. The molecular weight excluding hydrogens is 270 g/mol. The minimum absolute atomic E-state index is 0.0958. The van der Waals surface area contributed by atoms with E-state index in [1.165, 1.54) is 0 Å². The van der Waals surface area contributed by atoms with Crippen LogP contribution in [-0.4, -0.2) is 49.9 Å². The molecule has 1 aliphatic heterocycles. The van der Waals surface area contributed by atoms with Gasteiger partial charge in [0.1, 0.15) is 11.9 Å². The summed E-state index contributed by atoms with van der Waals surface area (Å²) in [6, 6.07) is 3.92. The average molecular weight is 293 g/mol. The summed E-state index contributed by atoms with van der Waals surface area (Å²) in [5, 5.41) is 2.88. The first kappa shape index (κ1) is 15.7. The molecule has 0 saturated carbocycles. The summed E-state index contributed by atoms with van der Waals surface area (Å²) in [5.41, 5.74) is 1.03. The first-order valence-electron chi connectivity index (χ1n) is 7.37. The Morgan fingerprint density at radius 3 is 3.00 bits per heavy atom. The van der Waals surface area contributed by atoms with Crippen LogP contribution in [0.15, 0.2) is 18.3 Å². The fourth-order valence-corrected chi connectivity index (χ4v) is 2.19. The molecule has 6 nitrogen and oxygen atoms in total. The molecule has 0 bridgehead atoms. The van der Waals surface area contributed by atoms with Gasteiger partial charge in [0.2, 0.25) is 5.91 Å². The van der Waals surface area contributed by atoms with Gasteiger partial charge in [0.25, 0.3) is 0 Å². The molecule has 2 rings (SSSR count). The van der Waals surface area contributed by atoms with E-state index in [0.717, 1.165) is 37.7 Å². The maximum atomic E-state index is 11.8. The lowest BCUT2D eigenvalue weighted by Crippen LogP contribution is -2.37. The summed E-state index contributed by atoms with van der Waals surface area (Å²) in [6.07, 6.45) is 1.36. The lowest BCUT2D eigenvalue weighted by Gasteiger charge is -2.28. The van der Waals surface area contributed by atoms with Gasteiger partial charge in [0, 0.05) is 32.4 Å². The zero-order valence-electron chi connectivity index (χ0n) is 12.7. The molecule has 116 valence electrons. The Morgan fingerprint density at radius 1 is 1.52 bits per heavy atom. The van der Waals surface area contributed by atoms with Crippen molar-refractivity contribution in [3.8, 4) is 0 Å². The van der Waals surface area contributed by atoms with Crippen LogP contribution in [0, 0.1) is 0 Å². The van der Waals surface area contributed by atoms with E-state index in [1.54, 1.807) is 13.1 Å². The van der Waals surface area contributed by atoms with Crippen molar-refractivity contribution < 1.29 is 14.3 Å². The number of amides is 1. The maximum Gasteiger partial charge on any atom is 0.249 e. The third-order valence-corrected chi connectivity index (χ3v) is 3.40. The second-order valence-corrected chi connectivity index (χ2v) is 4.94. The highest BCUT2D eigenvalue weighted by atomic mass is 16.5. The smallest absolute Gasteiger partial charge is 0.249 e. The number of ether oxygens (including phenoxy) is 2. The Balaban J connectivity index is 1.90. The van der Waals surface area contributed by atoms with Gasteiger partial charge in [-0.3, -0.25) is 4.79 Å². The summed E-state index contributed by atoms with van der Waals surface area (Å²) in [6.45, 7) is 7.81. The molecule has 2 heterocycles. The Bertz CT molecular complexity index is 461. The van der Waals surface area contributed by atoms with Crippen molar-refractivity contribution in [1.82, 2.24) is 10.3 Å². The number of hydrogen-bond donors (Lipinski definition) is 1. The molecule has 1 aromatic rings. The van der Waals surface area contributed by atoms with Gasteiger partial charge in [-0.05, 0) is 31.5 Å². The van der Waals surface area contributed by atoms with Crippen LogP contribution in [0.4, 0.5) is 5.82 Å². The van der Waals surface area contributed by atoms with Crippen LogP contribution in [0.5, 0.6) is 0 Å². The monoisotopic (exact) mass is 293 g/mol. The molecule has 1 N–H and O–H groups in total. The van der Waals surface area contributed by atoms with Gasteiger partial charge < -0.3 is 19.7 Å². The number of anilines is 1. The Labute approximate surface area is 125 Å². The molecule has 21 heavy (non-hydrogen) atoms. The highest BCUT2D eigenvalue weighted by Gasteiger charge is 2.14. The van der Waals surface area contributed by atoms with Crippen LogP contribution in [0.3, 0.4) is 0 Å². The van der Waals surface area contributed by atoms with Crippen LogP contribution >= 0.6 is 0 Å². The first-order chi connectivity index (χ1) is 10.2. The van der Waals surface area contributed by atoms with Crippen LogP contribution in [0.1, 0.15) is 19.4 Å². The molecule has 1 fully saturated rings. The fraction of sp³-hybridized carbons (Fsp3) is 0.600. The van der Waals surface area contributed by atoms with E-state index in [-0.39, 0.29) is 5.91 Å². The van der Waals surface area contributed by atoms with Gasteiger partial charge in [-0.25, -0.2) is 4.98 Å². The Hall–Kier alpha value is -1.66. The normalized spacial score (nSPS) is 16.6. The lowest BCUT2D eigenvalue weighted by molar-refractivity contribution is -0.131. The quantitative estimate of drug-likeness (QED) is 0.846. The average Bonchev–Trinajstić information content (AvgIpc) is 2.54. The fourth-order valence-electron chi connectivity index (χ4n) is 2.19. The minimum Gasteiger partial charge on any atom is -0.378 e. The van der Waals surface area contributed by atoms with Crippen molar-refractivity contribution in [2.75, 3.05) is 37.8 Å². The van der Waals surface area contributed by atoms with Gasteiger partial charge >= 0.3 is 0 Å². The van der Waals surface area contributed by atoms with E-state index >= 15 is 0 Å². The summed E-state index contributed by atoms with van der Waals surface area (Å²) < 4.78 is 10.6. The third-order valence-electron chi connectivity index (χ3n) is 3.40. The van der Waals surface area contributed by atoms with Crippen molar-refractivity contribution in [2.24, 2.45) is 0 Å². The van der Waals surface area contributed by atoms with E-state index < -0.39 is 6.10 Å². The van der Waals surface area contributed by atoms with Gasteiger partial charge in [0.05, 0.1) is 13.2 Å². The molecule has 0 unspecified atom stereocenters. The van der Waals surface area contributed by atoms with Gasteiger partial charge in [0.15, 0.2) is 0 Å². The number of pyridine rings is 1. The van der Waals surface area contributed by atoms with Crippen LogP contribution in [0.25, 0.3) is 0 Å². The number of nitrogens with zero attached hydrogens (tertiary/aromatic N) is 2. The lowest BCUT2D eigenvalue weighted by atomic mass is 10.2. The topological polar surface area (TPSA) is 63.7 Å². The molecule has 0 spiro atoms. The van der Waals surface area contributed by atoms with Crippen LogP contribution < -0.4 is 10.2 Å². The highest BCUT2D eigenvalue weighted by Crippen LogP contribution is 2.14. The molecule has 1 aromatic heterocycles. The number of carbonyl (C=O) groups is 1. The van der Waals surface area contributed by atoms with E-state index in [2.05, 4.69) is 15.2 Å². The Morgan fingerprint density at radius 2 is 2.29 bits per heavy atom. The molecule has 0 aromatic carbocycles. The zero-order chi connectivity index (χ0) is 15.1. The standard InChI is InChI=1S/C15H23N3O3/c1-3-21-12(2)15(19)17-11-13-4-5-16-14(10-13)18-6-8-20-9-7-18/h4-5,10,12H,3,6-9,11H2,1-2H3,(H,17,19)/t12-/m1/s1. The minimum atomic E-state index is -0.421.